The fraction of sp³-hybridized carbons (Fsp3) is 0.500. The topological polar surface area (TPSA) is 30.5 Å². The van der Waals surface area contributed by atoms with Crippen molar-refractivity contribution in [1.29, 1.82) is 0 Å². The number of hydrogen-bond acceptors (Lipinski definition) is 3. The number of ether oxygens (including phenoxy) is 2. The molecule has 0 aromatic heterocycles. The summed E-state index contributed by atoms with van der Waals surface area (Å²) < 4.78 is 45.5. The molecule has 0 aliphatic rings. The minimum Gasteiger partial charge on any atom is -0.405 e. The second-order valence-electron chi connectivity index (χ2n) is 3.53. The van der Waals surface area contributed by atoms with E-state index in [1.807, 2.05) is 6.92 Å². The van der Waals surface area contributed by atoms with E-state index in [1.165, 1.54) is 12.1 Å². The Hall–Kier alpha value is -1.27. The summed E-state index contributed by atoms with van der Waals surface area (Å²) in [7, 11) is 0. The van der Waals surface area contributed by atoms with Crippen molar-refractivity contribution in [2.45, 2.75) is 19.8 Å². The molecule has 1 N–H and O–H groups in total. The fourth-order valence-electron chi connectivity index (χ4n) is 1.39. The molecule has 102 valence electrons. The Kier molecular flexibility index (Phi) is 5.94. The predicted molar refractivity (Wildman–Crippen MR) is 61.3 cm³/mol. The van der Waals surface area contributed by atoms with Crippen molar-refractivity contribution in [2.24, 2.45) is 0 Å². The van der Waals surface area contributed by atoms with Crippen molar-refractivity contribution < 1.29 is 22.6 Å². The van der Waals surface area contributed by atoms with Gasteiger partial charge in [0.1, 0.15) is 5.75 Å². The number of rotatable bonds is 7. The highest BCUT2D eigenvalue weighted by atomic mass is 19.4. The summed E-state index contributed by atoms with van der Waals surface area (Å²) >= 11 is 0. The van der Waals surface area contributed by atoms with Gasteiger partial charge in [-0.2, -0.15) is 0 Å². The molecular formula is C12H16F3NO2. The van der Waals surface area contributed by atoms with Crippen LogP contribution in [0.5, 0.6) is 5.75 Å². The molecule has 1 rings (SSSR count). The SMILES string of the molecule is CCOCCNCc1ccccc1OC(F)(F)F. The van der Waals surface area contributed by atoms with Crippen LogP contribution < -0.4 is 10.1 Å². The Bertz CT molecular complexity index is 355. The van der Waals surface area contributed by atoms with Gasteiger partial charge in [0.05, 0.1) is 6.61 Å². The lowest BCUT2D eigenvalue weighted by Crippen LogP contribution is -2.22. The van der Waals surface area contributed by atoms with Crippen LogP contribution in [0.1, 0.15) is 12.5 Å². The molecule has 0 unspecified atom stereocenters. The van der Waals surface area contributed by atoms with E-state index in [0.717, 1.165) is 0 Å². The van der Waals surface area contributed by atoms with Crippen molar-refractivity contribution in [1.82, 2.24) is 5.32 Å². The normalized spacial score (nSPS) is 11.6. The maximum absolute atomic E-state index is 12.1. The number of para-hydroxylation sites is 1. The number of nitrogens with one attached hydrogen (secondary N) is 1. The summed E-state index contributed by atoms with van der Waals surface area (Å²) in [5, 5.41) is 2.99. The van der Waals surface area contributed by atoms with E-state index in [-0.39, 0.29) is 5.75 Å². The summed E-state index contributed by atoms with van der Waals surface area (Å²) in [4.78, 5) is 0. The Labute approximate surface area is 104 Å². The van der Waals surface area contributed by atoms with Crippen molar-refractivity contribution in [3.63, 3.8) is 0 Å². The Morgan fingerprint density at radius 3 is 2.61 bits per heavy atom. The molecule has 0 atom stereocenters. The first-order chi connectivity index (χ1) is 8.53. The largest absolute Gasteiger partial charge is 0.573 e. The zero-order valence-corrected chi connectivity index (χ0v) is 10.1. The van der Waals surface area contributed by atoms with Crippen LogP contribution in [0.3, 0.4) is 0 Å². The smallest absolute Gasteiger partial charge is 0.405 e. The van der Waals surface area contributed by atoms with E-state index in [1.54, 1.807) is 12.1 Å². The van der Waals surface area contributed by atoms with Crippen molar-refractivity contribution >= 4 is 0 Å². The molecule has 0 bridgehead atoms. The first-order valence-corrected chi connectivity index (χ1v) is 5.65. The van der Waals surface area contributed by atoms with Crippen LogP contribution >= 0.6 is 0 Å². The van der Waals surface area contributed by atoms with Crippen molar-refractivity contribution in [3.8, 4) is 5.75 Å². The van der Waals surface area contributed by atoms with E-state index in [9.17, 15) is 13.2 Å². The Morgan fingerprint density at radius 1 is 1.22 bits per heavy atom. The number of halogens is 3. The van der Waals surface area contributed by atoms with E-state index in [0.29, 0.717) is 31.9 Å². The Morgan fingerprint density at radius 2 is 1.94 bits per heavy atom. The van der Waals surface area contributed by atoms with Gasteiger partial charge in [0.15, 0.2) is 0 Å². The van der Waals surface area contributed by atoms with Gasteiger partial charge in [-0.1, -0.05) is 18.2 Å². The molecule has 0 aliphatic carbocycles. The minimum absolute atomic E-state index is 0.172. The second-order valence-corrected chi connectivity index (χ2v) is 3.53. The van der Waals surface area contributed by atoms with Crippen LogP contribution in [0, 0.1) is 0 Å². The van der Waals surface area contributed by atoms with Crippen molar-refractivity contribution in [2.75, 3.05) is 19.8 Å². The zero-order chi connectivity index (χ0) is 13.4. The van der Waals surface area contributed by atoms with Crippen LogP contribution in [0.25, 0.3) is 0 Å². The first kappa shape index (κ1) is 14.8. The molecule has 0 heterocycles. The molecule has 0 saturated carbocycles. The Balaban J connectivity index is 2.49. The predicted octanol–water partition coefficient (Wildman–Crippen LogP) is 2.71. The maximum atomic E-state index is 12.1. The number of hydrogen-bond donors (Lipinski definition) is 1. The summed E-state index contributed by atoms with van der Waals surface area (Å²) in [6.07, 6.45) is -4.67. The van der Waals surface area contributed by atoms with Crippen LogP contribution in [-0.2, 0) is 11.3 Å². The second kappa shape index (κ2) is 7.23. The van der Waals surface area contributed by atoms with Gasteiger partial charge in [0, 0.05) is 25.3 Å². The van der Waals surface area contributed by atoms with Crippen LogP contribution in [0.2, 0.25) is 0 Å². The maximum Gasteiger partial charge on any atom is 0.573 e. The van der Waals surface area contributed by atoms with E-state index < -0.39 is 6.36 Å². The quantitative estimate of drug-likeness (QED) is 0.767. The summed E-state index contributed by atoms with van der Waals surface area (Å²) in [5.41, 5.74) is 0.464. The molecule has 3 nitrogen and oxygen atoms in total. The third-order valence-corrected chi connectivity index (χ3v) is 2.14. The van der Waals surface area contributed by atoms with Crippen LogP contribution in [0.4, 0.5) is 13.2 Å². The molecule has 0 amide bonds. The van der Waals surface area contributed by atoms with E-state index >= 15 is 0 Å². The molecule has 0 spiro atoms. The van der Waals surface area contributed by atoms with Gasteiger partial charge >= 0.3 is 6.36 Å². The molecule has 0 aliphatic heterocycles. The molecule has 0 radical (unpaired) electrons. The first-order valence-electron chi connectivity index (χ1n) is 5.65. The highest BCUT2D eigenvalue weighted by Crippen LogP contribution is 2.25. The molecule has 1 aromatic carbocycles. The van der Waals surface area contributed by atoms with Gasteiger partial charge in [0.25, 0.3) is 0 Å². The lowest BCUT2D eigenvalue weighted by Gasteiger charge is -2.13. The van der Waals surface area contributed by atoms with Gasteiger partial charge in [-0.05, 0) is 13.0 Å². The molecular weight excluding hydrogens is 247 g/mol. The van der Waals surface area contributed by atoms with Gasteiger partial charge in [0.2, 0.25) is 0 Å². The van der Waals surface area contributed by atoms with Crippen LogP contribution in [0.15, 0.2) is 24.3 Å². The zero-order valence-electron chi connectivity index (χ0n) is 10.1. The number of alkyl halides is 3. The van der Waals surface area contributed by atoms with Crippen LogP contribution in [-0.4, -0.2) is 26.1 Å². The van der Waals surface area contributed by atoms with Gasteiger partial charge in [-0.25, -0.2) is 0 Å². The molecule has 6 heteroatoms. The minimum atomic E-state index is -4.67. The lowest BCUT2D eigenvalue weighted by atomic mass is 10.2. The highest BCUT2D eigenvalue weighted by molar-refractivity contribution is 5.33. The third-order valence-electron chi connectivity index (χ3n) is 2.14. The monoisotopic (exact) mass is 263 g/mol. The lowest BCUT2D eigenvalue weighted by molar-refractivity contribution is -0.274. The summed E-state index contributed by atoms with van der Waals surface area (Å²) in [6.45, 7) is 3.91. The third kappa shape index (κ3) is 5.88. The molecule has 1 aromatic rings. The van der Waals surface area contributed by atoms with Gasteiger partial charge in [-0.3, -0.25) is 0 Å². The molecule has 18 heavy (non-hydrogen) atoms. The van der Waals surface area contributed by atoms with E-state index in [4.69, 9.17) is 4.74 Å². The van der Waals surface area contributed by atoms with Crippen molar-refractivity contribution in [3.05, 3.63) is 29.8 Å². The summed E-state index contributed by atoms with van der Waals surface area (Å²) in [6, 6.07) is 6.06. The number of benzene rings is 1. The summed E-state index contributed by atoms with van der Waals surface area (Å²) in [5.74, 6) is -0.172. The highest BCUT2D eigenvalue weighted by Gasteiger charge is 2.31. The molecule has 0 fully saturated rings. The van der Waals surface area contributed by atoms with Gasteiger partial charge < -0.3 is 14.8 Å². The standard InChI is InChI=1S/C12H16F3NO2/c1-2-17-8-7-16-9-10-5-3-4-6-11(10)18-12(13,14)15/h3-6,16H,2,7-9H2,1H3. The average molecular weight is 263 g/mol. The fourth-order valence-corrected chi connectivity index (χ4v) is 1.39. The van der Waals surface area contributed by atoms with E-state index in [2.05, 4.69) is 10.1 Å². The van der Waals surface area contributed by atoms with Gasteiger partial charge in [-0.15, -0.1) is 13.2 Å². The molecule has 0 saturated heterocycles. The average Bonchev–Trinajstić information content (AvgIpc) is 2.29.